The average Bonchev–Trinajstić information content (AvgIpc) is 2.13. The molecule has 1 aromatic rings. The van der Waals surface area contributed by atoms with E-state index >= 15 is 0 Å². The zero-order chi connectivity index (χ0) is 10.7. The molecule has 0 bridgehead atoms. The summed E-state index contributed by atoms with van der Waals surface area (Å²) in [5, 5.41) is 1.08. The number of aromatic nitrogens is 1. The standard InChI is InChI=1S/C9H11Cl3N2/c1-2-3-6(13)7-5(10)4-14-9(12)8(7)11/h4,6H,2-3,13H2,1H3/t6-/m0/s1. The highest BCUT2D eigenvalue weighted by Crippen LogP contribution is 2.34. The third-order valence-corrected chi connectivity index (χ3v) is 3.00. The Labute approximate surface area is 98.4 Å². The molecule has 14 heavy (non-hydrogen) atoms. The van der Waals surface area contributed by atoms with Gasteiger partial charge in [0, 0.05) is 17.8 Å². The molecule has 1 atom stereocenters. The van der Waals surface area contributed by atoms with Crippen LogP contribution in [0.3, 0.4) is 0 Å². The predicted molar refractivity (Wildman–Crippen MR) is 61.1 cm³/mol. The van der Waals surface area contributed by atoms with Crippen molar-refractivity contribution in [2.45, 2.75) is 25.8 Å². The third kappa shape index (κ3) is 2.51. The quantitative estimate of drug-likeness (QED) is 0.831. The molecule has 0 saturated carbocycles. The third-order valence-electron chi connectivity index (χ3n) is 1.94. The van der Waals surface area contributed by atoms with Gasteiger partial charge in [-0.25, -0.2) is 4.98 Å². The van der Waals surface area contributed by atoms with Crippen molar-refractivity contribution in [3.05, 3.63) is 27.0 Å². The van der Waals surface area contributed by atoms with E-state index in [0.717, 1.165) is 12.8 Å². The number of hydrogen-bond acceptors (Lipinski definition) is 2. The van der Waals surface area contributed by atoms with Gasteiger partial charge >= 0.3 is 0 Å². The summed E-state index contributed by atoms with van der Waals surface area (Å²) in [7, 11) is 0. The van der Waals surface area contributed by atoms with Crippen molar-refractivity contribution in [2.75, 3.05) is 0 Å². The Morgan fingerprint density at radius 1 is 1.43 bits per heavy atom. The van der Waals surface area contributed by atoms with E-state index in [2.05, 4.69) is 4.98 Å². The van der Waals surface area contributed by atoms with Gasteiger partial charge in [0.2, 0.25) is 0 Å². The van der Waals surface area contributed by atoms with E-state index in [1.54, 1.807) is 0 Å². The van der Waals surface area contributed by atoms with Gasteiger partial charge < -0.3 is 5.73 Å². The SMILES string of the molecule is CCC[C@H](N)c1c(Cl)cnc(Cl)c1Cl. The highest BCUT2D eigenvalue weighted by molar-refractivity contribution is 6.43. The van der Waals surface area contributed by atoms with Crippen molar-refractivity contribution in [3.8, 4) is 0 Å². The lowest BCUT2D eigenvalue weighted by atomic mass is 10.0. The van der Waals surface area contributed by atoms with Gasteiger partial charge in [-0.2, -0.15) is 0 Å². The average molecular weight is 254 g/mol. The summed E-state index contributed by atoms with van der Waals surface area (Å²) < 4.78 is 0. The smallest absolute Gasteiger partial charge is 0.148 e. The van der Waals surface area contributed by atoms with E-state index < -0.39 is 0 Å². The van der Waals surface area contributed by atoms with Gasteiger partial charge in [-0.15, -0.1) is 0 Å². The van der Waals surface area contributed by atoms with Crippen molar-refractivity contribution in [1.82, 2.24) is 4.98 Å². The second-order valence-electron chi connectivity index (χ2n) is 3.02. The Morgan fingerprint density at radius 2 is 2.07 bits per heavy atom. The van der Waals surface area contributed by atoms with E-state index in [-0.39, 0.29) is 11.2 Å². The van der Waals surface area contributed by atoms with Crippen molar-refractivity contribution in [3.63, 3.8) is 0 Å². The van der Waals surface area contributed by atoms with Crippen LogP contribution < -0.4 is 5.73 Å². The topological polar surface area (TPSA) is 38.9 Å². The molecule has 0 amide bonds. The molecular weight excluding hydrogens is 242 g/mol. The monoisotopic (exact) mass is 252 g/mol. The summed E-state index contributed by atoms with van der Waals surface area (Å²) in [5.74, 6) is 0. The molecule has 0 unspecified atom stereocenters. The van der Waals surface area contributed by atoms with Crippen LogP contribution in [0.15, 0.2) is 6.20 Å². The van der Waals surface area contributed by atoms with Gasteiger partial charge in [0.25, 0.3) is 0 Å². The summed E-state index contributed by atoms with van der Waals surface area (Å²) in [5.41, 5.74) is 6.61. The molecule has 0 aliphatic rings. The van der Waals surface area contributed by atoms with Crippen LogP contribution in [0, 0.1) is 0 Å². The summed E-state index contributed by atoms with van der Waals surface area (Å²) in [6.45, 7) is 2.05. The van der Waals surface area contributed by atoms with Gasteiger partial charge in [-0.05, 0) is 6.42 Å². The molecule has 1 aromatic heterocycles. The zero-order valence-corrected chi connectivity index (χ0v) is 10.00. The van der Waals surface area contributed by atoms with Crippen LogP contribution in [-0.4, -0.2) is 4.98 Å². The maximum Gasteiger partial charge on any atom is 0.148 e. The molecule has 1 rings (SSSR count). The van der Waals surface area contributed by atoms with Crippen LogP contribution in [0.5, 0.6) is 0 Å². The predicted octanol–water partition coefficient (Wildman–Crippen LogP) is 3.84. The first-order chi connectivity index (χ1) is 6.57. The minimum atomic E-state index is -0.180. The molecule has 0 spiro atoms. The van der Waals surface area contributed by atoms with Crippen molar-refractivity contribution < 1.29 is 0 Å². The highest BCUT2D eigenvalue weighted by atomic mass is 35.5. The van der Waals surface area contributed by atoms with E-state index in [4.69, 9.17) is 40.5 Å². The van der Waals surface area contributed by atoms with Gasteiger partial charge in [-0.3, -0.25) is 0 Å². The van der Waals surface area contributed by atoms with E-state index in [1.165, 1.54) is 6.20 Å². The van der Waals surface area contributed by atoms with Crippen LogP contribution in [-0.2, 0) is 0 Å². The van der Waals surface area contributed by atoms with Gasteiger partial charge in [0.05, 0.1) is 10.0 Å². The van der Waals surface area contributed by atoms with Gasteiger partial charge in [0.1, 0.15) is 5.15 Å². The fourth-order valence-electron chi connectivity index (χ4n) is 1.25. The first-order valence-electron chi connectivity index (χ1n) is 4.32. The van der Waals surface area contributed by atoms with Crippen molar-refractivity contribution in [2.24, 2.45) is 5.73 Å². The van der Waals surface area contributed by atoms with Gasteiger partial charge in [-0.1, -0.05) is 48.1 Å². The second kappa shape index (κ2) is 5.17. The van der Waals surface area contributed by atoms with E-state index in [0.29, 0.717) is 15.6 Å². The van der Waals surface area contributed by atoms with E-state index in [9.17, 15) is 0 Å². The second-order valence-corrected chi connectivity index (χ2v) is 4.16. The Hall–Kier alpha value is -0.0200. The normalized spacial score (nSPS) is 12.9. The van der Waals surface area contributed by atoms with Crippen LogP contribution in [0.4, 0.5) is 0 Å². The summed E-state index contributed by atoms with van der Waals surface area (Å²) in [6.07, 6.45) is 3.26. The fourth-order valence-corrected chi connectivity index (χ4v) is 2.02. The number of halogens is 3. The summed E-state index contributed by atoms with van der Waals surface area (Å²) in [4.78, 5) is 3.83. The molecule has 0 aliphatic carbocycles. The van der Waals surface area contributed by atoms with Crippen molar-refractivity contribution in [1.29, 1.82) is 0 Å². The number of nitrogens with zero attached hydrogens (tertiary/aromatic N) is 1. The molecule has 1 heterocycles. The van der Waals surface area contributed by atoms with Crippen LogP contribution >= 0.6 is 34.8 Å². The molecule has 78 valence electrons. The Balaban J connectivity index is 3.11. The van der Waals surface area contributed by atoms with Crippen LogP contribution in [0.1, 0.15) is 31.4 Å². The maximum absolute atomic E-state index is 5.97. The Morgan fingerprint density at radius 3 is 2.64 bits per heavy atom. The molecule has 2 nitrogen and oxygen atoms in total. The van der Waals surface area contributed by atoms with Gasteiger partial charge in [0.15, 0.2) is 0 Å². The number of nitrogens with two attached hydrogens (primary N) is 1. The number of pyridine rings is 1. The minimum Gasteiger partial charge on any atom is -0.324 e. The maximum atomic E-state index is 5.97. The Kier molecular flexibility index (Phi) is 4.45. The van der Waals surface area contributed by atoms with Crippen molar-refractivity contribution >= 4 is 34.8 Å². The molecule has 0 aromatic carbocycles. The van der Waals surface area contributed by atoms with E-state index in [1.807, 2.05) is 6.92 Å². The number of rotatable bonds is 3. The largest absolute Gasteiger partial charge is 0.324 e. The lowest BCUT2D eigenvalue weighted by molar-refractivity contribution is 0.638. The molecule has 2 N–H and O–H groups in total. The number of hydrogen-bond donors (Lipinski definition) is 1. The first kappa shape index (κ1) is 12.1. The minimum absolute atomic E-state index is 0.180. The zero-order valence-electron chi connectivity index (χ0n) is 7.73. The van der Waals surface area contributed by atoms with Crippen LogP contribution in [0.2, 0.25) is 15.2 Å². The fraction of sp³-hybridized carbons (Fsp3) is 0.444. The molecule has 0 fully saturated rings. The molecular formula is C9H11Cl3N2. The first-order valence-corrected chi connectivity index (χ1v) is 5.46. The summed E-state index contributed by atoms with van der Waals surface area (Å²) >= 11 is 17.7. The Bertz CT molecular complexity index is 328. The summed E-state index contributed by atoms with van der Waals surface area (Å²) in [6, 6.07) is -0.180. The molecule has 0 radical (unpaired) electrons. The lowest BCUT2D eigenvalue weighted by Gasteiger charge is -2.14. The highest BCUT2D eigenvalue weighted by Gasteiger charge is 2.16. The van der Waals surface area contributed by atoms with Crippen LogP contribution in [0.25, 0.3) is 0 Å². The molecule has 0 saturated heterocycles. The molecule has 5 heteroatoms. The molecule has 0 aliphatic heterocycles. The lowest BCUT2D eigenvalue weighted by Crippen LogP contribution is -2.11.